The molecule has 264 valence electrons. The maximum atomic E-state index is 13.9. The number of aryl methyl sites for hydroxylation is 2. The summed E-state index contributed by atoms with van der Waals surface area (Å²) in [6.45, 7) is 5.90. The number of hydrogen-bond acceptors (Lipinski definition) is 9. The number of benzene rings is 1. The van der Waals surface area contributed by atoms with Gasteiger partial charge >= 0.3 is 12.1 Å². The molecule has 2 aliphatic carbocycles. The summed E-state index contributed by atoms with van der Waals surface area (Å²) in [7, 11) is -3.95. The van der Waals surface area contributed by atoms with E-state index in [4.69, 9.17) is 4.74 Å². The first-order chi connectivity index (χ1) is 23.3. The van der Waals surface area contributed by atoms with E-state index in [1.54, 1.807) is 6.92 Å². The van der Waals surface area contributed by atoms with Gasteiger partial charge in [-0.1, -0.05) is 31.6 Å². The molecule has 2 saturated carbocycles. The molecule has 2 aliphatic heterocycles. The maximum absolute atomic E-state index is 13.9. The van der Waals surface area contributed by atoms with Gasteiger partial charge in [-0.3, -0.25) is 19.6 Å². The van der Waals surface area contributed by atoms with Crippen molar-refractivity contribution in [3.05, 3.63) is 47.0 Å². The van der Waals surface area contributed by atoms with Gasteiger partial charge in [0.15, 0.2) is 0 Å². The average molecular weight is 713 g/mol. The molecule has 1 aromatic heterocycles. The van der Waals surface area contributed by atoms with Gasteiger partial charge in [-0.2, -0.15) is 0 Å². The van der Waals surface area contributed by atoms with E-state index in [0.717, 1.165) is 53.9 Å². The molecule has 49 heavy (non-hydrogen) atoms. The molecule has 0 radical (unpaired) electrons. The maximum Gasteiger partial charge on any atom is 0.411 e. The lowest BCUT2D eigenvalue weighted by Crippen LogP contribution is -2.57. The SMILES string of the molecule is CCc1csc(-c2ccc(C)cc2NC(=O)O[C@@H]2C[C@H]3C(=O)N[C@]4(C(=O)NS(=O)(=O)C5(C)CC5)C[C@H]4/C=C\CCCCCNC(=O)N3C2)n1. The Labute approximate surface area is 290 Å². The minimum Gasteiger partial charge on any atom is -0.444 e. The standard InChI is InChI=1S/C34H44N6O7S2/c1-4-23-20-48-29(36-23)25-12-11-21(2)16-26(25)37-32(44)47-24-17-27-28(41)38-34(30(42)39-49(45,46)33(3)13-14-33)18-22(34)10-8-6-5-7-9-15-35-31(43)40(27)19-24/h8,10-12,16,20,22,24,27H,4-7,9,13-15,17-19H2,1-3H3,(H,35,43)(H,37,44)(H,38,41)(H,39,42)/b10-8-/t22-,24-,27+,34-/m1/s1. The van der Waals surface area contributed by atoms with E-state index in [1.807, 2.05) is 49.6 Å². The summed E-state index contributed by atoms with van der Waals surface area (Å²) >= 11 is 1.48. The Kier molecular flexibility index (Phi) is 9.77. The van der Waals surface area contributed by atoms with E-state index < -0.39 is 62.3 Å². The highest BCUT2D eigenvalue weighted by Crippen LogP contribution is 2.47. The van der Waals surface area contributed by atoms with Crippen LogP contribution < -0.4 is 20.7 Å². The van der Waals surface area contributed by atoms with E-state index in [-0.39, 0.29) is 19.4 Å². The van der Waals surface area contributed by atoms with Crippen molar-refractivity contribution < 1.29 is 32.3 Å². The first-order valence-electron chi connectivity index (χ1n) is 17.0. The number of aromatic nitrogens is 1. The van der Waals surface area contributed by atoms with Crippen LogP contribution >= 0.6 is 11.3 Å². The summed E-state index contributed by atoms with van der Waals surface area (Å²) < 4.78 is 33.0. The van der Waals surface area contributed by atoms with Crippen LogP contribution in [0.15, 0.2) is 35.7 Å². The van der Waals surface area contributed by atoms with E-state index >= 15 is 0 Å². The normalized spacial score (nSPS) is 27.2. The summed E-state index contributed by atoms with van der Waals surface area (Å²) in [5.74, 6) is -1.80. The number of amides is 5. The van der Waals surface area contributed by atoms with Gasteiger partial charge in [0.1, 0.15) is 22.7 Å². The Balaban J connectivity index is 1.19. The van der Waals surface area contributed by atoms with Gasteiger partial charge in [0.2, 0.25) is 15.9 Å². The molecule has 4 atom stereocenters. The van der Waals surface area contributed by atoms with Crippen molar-refractivity contribution in [2.45, 2.75) is 101 Å². The van der Waals surface area contributed by atoms with Crippen molar-refractivity contribution in [1.29, 1.82) is 0 Å². The van der Waals surface area contributed by atoms with Gasteiger partial charge in [0, 0.05) is 29.8 Å². The number of sulfonamides is 1. The Morgan fingerprint density at radius 3 is 2.71 bits per heavy atom. The minimum atomic E-state index is -3.95. The second kappa shape index (κ2) is 13.7. The molecule has 3 fully saturated rings. The Bertz CT molecular complexity index is 1770. The minimum absolute atomic E-state index is 0.00569. The highest BCUT2D eigenvalue weighted by molar-refractivity contribution is 7.91. The average Bonchev–Trinajstić information content (AvgIpc) is 3.83. The van der Waals surface area contributed by atoms with Crippen LogP contribution in [0.25, 0.3) is 10.6 Å². The molecule has 13 nitrogen and oxygen atoms in total. The first kappa shape index (κ1) is 34.9. The van der Waals surface area contributed by atoms with Crippen molar-refractivity contribution in [1.82, 2.24) is 25.2 Å². The van der Waals surface area contributed by atoms with E-state index in [9.17, 15) is 27.6 Å². The zero-order chi connectivity index (χ0) is 35.0. The number of urea groups is 1. The van der Waals surface area contributed by atoms with Gasteiger partial charge in [-0.25, -0.2) is 23.0 Å². The summed E-state index contributed by atoms with van der Waals surface area (Å²) in [5.41, 5.74) is 1.68. The number of ether oxygens (including phenoxy) is 1. The third kappa shape index (κ3) is 7.47. The third-order valence-corrected chi connectivity index (χ3v) is 13.0. The monoisotopic (exact) mass is 712 g/mol. The quantitative estimate of drug-likeness (QED) is 0.306. The van der Waals surface area contributed by atoms with Gasteiger partial charge < -0.3 is 20.3 Å². The number of hydrogen-bond donors (Lipinski definition) is 4. The van der Waals surface area contributed by atoms with Crippen molar-refractivity contribution in [3.8, 4) is 10.6 Å². The molecule has 0 spiro atoms. The number of anilines is 1. The molecular formula is C34H44N6O7S2. The number of fused-ring (bicyclic) bond motifs is 2. The lowest BCUT2D eigenvalue weighted by atomic mass is 10.1. The Hall–Kier alpha value is -3.98. The fourth-order valence-electron chi connectivity index (χ4n) is 6.38. The van der Waals surface area contributed by atoms with Crippen LogP contribution in [0.2, 0.25) is 0 Å². The van der Waals surface area contributed by atoms with Crippen molar-refractivity contribution >= 4 is 51.0 Å². The fraction of sp³-hybridized carbons (Fsp3) is 0.559. The van der Waals surface area contributed by atoms with Crippen molar-refractivity contribution in [3.63, 3.8) is 0 Å². The highest BCUT2D eigenvalue weighted by atomic mass is 32.2. The van der Waals surface area contributed by atoms with Gasteiger partial charge in [0.05, 0.1) is 22.7 Å². The third-order valence-electron chi connectivity index (χ3n) is 9.94. The molecule has 0 bridgehead atoms. The number of allylic oxidation sites excluding steroid dienone is 1. The van der Waals surface area contributed by atoms with Crippen LogP contribution in [-0.4, -0.2) is 77.8 Å². The van der Waals surface area contributed by atoms with E-state index in [2.05, 4.69) is 25.7 Å². The lowest BCUT2D eigenvalue weighted by Gasteiger charge is -2.27. The summed E-state index contributed by atoms with van der Waals surface area (Å²) in [6, 6.07) is 4.12. The lowest BCUT2D eigenvalue weighted by molar-refractivity contribution is -0.131. The number of carbonyl (C=O) groups excluding carboxylic acids is 4. The molecule has 1 saturated heterocycles. The summed E-state index contributed by atoms with van der Waals surface area (Å²) in [6.07, 6.45) is 7.43. The van der Waals surface area contributed by atoms with Gasteiger partial charge in [-0.05, 0) is 76.5 Å². The fourth-order valence-corrected chi connectivity index (χ4v) is 8.63. The molecule has 15 heteroatoms. The molecule has 4 N–H and O–H groups in total. The molecule has 1 aromatic carbocycles. The first-order valence-corrected chi connectivity index (χ1v) is 19.3. The Morgan fingerprint density at radius 2 is 1.98 bits per heavy atom. The van der Waals surface area contributed by atoms with Crippen LogP contribution in [0.3, 0.4) is 0 Å². The van der Waals surface area contributed by atoms with Crippen molar-refractivity contribution in [2.75, 3.05) is 18.4 Å². The predicted molar refractivity (Wildman–Crippen MR) is 185 cm³/mol. The second-order valence-corrected chi connectivity index (χ2v) is 16.8. The molecule has 4 aliphatic rings. The van der Waals surface area contributed by atoms with Crippen LogP contribution in [0.1, 0.15) is 76.5 Å². The largest absolute Gasteiger partial charge is 0.444 e. The van der Waals surface area contributed by atoms with Crippen molar-refractivity contribution in [2.24, 2.45) is 5.92 Å². The van der Waals surface area contributed by atoms with Crippen LogP contribution in [0.5, 0.6) is 0 Å². The molecule has 3 heterocycles. The topological polar surface area (TPSA) is 176 Å². The summed E-state index contributed by atoms with van der Waals surface area (Å²) in [4.78, 5) is 60.2. The van der Waals surface area contributed by atoms with E-state index in [0.29, 0.717) is 25.1 Å². The van der Waals surface area contributed by atoms with Crippen LogP contribution in [0.4, 0.5) is 15.3 Å². The number of rotatable bonds is 7. The number of nitrogens with one attached hydrogen (secondary N) is 4. The van der Waals surface area contributed by atoms with E-state index in [1.165, 1.54) is 16.2 Å². The molecule has 0 unspecified atom stereocenters. The number of nitrogens with zero attached hydrogens (tertiary/aromatic N) is 2. The molecule has 2 aromatic rings. The molecule has 5 amide bonds. The predicted octanol–water partition coefficient (Wildman–Crippen LogP) is 4.39. The van der Waals surface area contributed by atoms with Crippen LogP contribution in [0, 0.1) is 12.8 Å². The Morgan fingerprint density at radius 1 is 1.18 bits per heavy atom. The van der Waals surface area contributed by atoms with Gasteiger partial charge in [0.25, 0.3) is 5.91 Å². The highest BCUT2D eigenvalue weighted by Gasteiger charge is 2.63. The summed E-state index contributed by atoms with van der Waals surface area (Å²) in [5, 5.41) is 11.3. The second-order valence-electron chi connectivity index (χ2n) is 13.8. The van der Waals surface area contributed by atoms with Gasteiger partial charge in [-0.15, -0.1) is 11.3 Å². The van der Waals surface area contributed by atoms with Crippen LogP contribution in [-0.2, 0) is 30.8 Å². The number of carbonyl (C=O) groups is 4. The zero-order valence-corrected chi connectivity index (χ0v) is 29.7. The molecule has 6 rings (SSSR count). The molecular weight excluding hydrogens is 669 g/mol. The smallest absolute Gasteiger partial charge is 0.411 e. The number of thiazole rings is 1. The zero-order valence-electron chi connectivity index (χ0n) is 28.0.